The molecule has 0 radical (unpaired) electrons. The monoisotopic (exact) mass is 343 g/mol. The third-order valence-corrected chi connectivity index (χ3v) is 4.10. The van der Waals surface area contributed by atoms with Gasteiger partial charge in [0, 0.05) is 17.3 Å². The minimum Gasteiger partial charge on any atom is -0.397 e. The van der Waals surface area contributed by atoms with Crippen molar-refractivity contribution in [1.82, 2.24) is 4.57 Å². The molecule has 4 nitrogen and oxygen atoms in total. The van der Waals surface area contributed by atoms with Crippen LogP contribution in [0.2, 0.25) is 15.1 Å². The second-order valence-electron chi connectivity index (χ2n) is 5.00. The van der Waals surface area contributed by atoms with E-state index in [-0.39, 0.29) is 5.91 Å². The van der Waals surface area contributed by atoms with Crippen LogP contribution in [0.15, 0.2) is 24.4 Å². The summed E-state index contributed by atoms with van der Waals surface area (Å²) in [5.74, 6) is -0.301. The number of benzene rings is 1. The number of nitrogen functional groups attached to an aromatic ring is 1. The van der Waals surface area contributed by atoms with Crippen molar-refractivity contribution in [1.29, 1.82) is 0 Å². The lowest BCUT2D eigenvalue weighted by atomic mass is 10.3. The number of aromatic nitrogens is 1. The Balaban J connectivity index is 1.90. The number of amides is 1. The van der Waals surface area contributed by atoms with Crippen LogP contribution in [-0.2, 0) is 0 Å². The van der Waals surface area contributed by atoms with Gasteiger partial charge in [-0.1, -0.05) is 34.8 Å². The molecule has 0 bridgehead atoms. The van der Waals surface area contributed by atoms with Gasteiger partial charge in [0.05, 0.1) is 21.4 Å². The van der Waals surface area contributed by atoms with E-state index in [1.54, 1.807) is 12.3 Å². The molecule has 1 heterocycles. The number of nitrogens with two attached hydrogens (primary N) is 1. The van der Waals surface area contributed by atoms with E-state index >= 15 is 0 Å². The fraction of sp³-hybridized carbons (Fsp3) is 0.214. The Bertz CT molecular complexity index is 699. The number of carbonyl (C=O) groups is 1. The summed E-state index contributed by atoms with van der Waals surface area (Å²) in [6.45, 7) is 0. The zero-order valence-corrected chi connectivity index (χ0v) is 13.1. The van der Waals surface area contributed by atoms with Crippen molar-refractivity contribution in [2.45, 2.75) is 18.9 Å². The lowest BCUT2D eigenvalue weighted by Crippen LogP contribution is -2.16. The molecule has 3 rings (SSSR count). The molecule has 1 aliphatic carbocycles. The first-order valence-corrected chi connectivity index (χ1v) is 7.52. The Kier molecular flexibility index (Phi) is 3.78. The van der Waals surface area contributed by atoms with Gasteiger partial charge in [-0.2, -0.15) is 0 Å². The van der Waals surface area contributed by atoms with Gasteiger partial charge in [0.25, 0.3) is 5.91 Å². The normalized spacial score (nSPS) is 14.2. The summed E-state index contributed by atoms with van der Waals surface area (Å²) in [6, 6.07) is 5.04. The van der Waals surface area contributed by atoms with Crippen molar-refractivity contribution < 1.29 is 4.79 Å². The second-order valence-corrected chi connectivity index (χ2v) is 6.25. The summed E-state index contributed by atoms with van der Waals surface area (Å²) >= 11 is 18.0. The van der Waals surface area contributed by atoms with E-state index in [1.165, 1.54) is 12.1 Å². The summed E-state index contributed by atoms with van der Waals surface area (Å²) in [6.07, 6.45) is 3.88. The van der Waals surface area contributed by atoms with Crippen LogP contribution in [0.5, 0.6) is 0 Å². The van der Waals surface area contributed by atoms with Crippen molar-refractivity contribution >= 4 is 52.1 Å². The Labute approximate surface area is 136 Å². The van der Waals surface area contributed by atoms with Gasteiger partial charge in [-0.25, -0.2) is 0 Å². The number of nitrogens with one attached hydrogen (secondary N) is 1. The second kappa shape index (κ2) is 5.44. The largest absolute Gasteiger partial charge is 0.397 e. The quantitative estimate of drug-likeness (QED) is 0.853. The third-order valence-electron chi connectivity index (χ3n) is 3.29. The van der Waals surface area contributed by atoms with E-state index < -0.39 is 0 Å². The van der Waals surface area contributed by atoms with Crippen LogP contribution in [0.4, 0.5) is 11.4 Å². The van der Waals surface area contributed by atoms with Gasteiger partial charge in [-0.3, -0.25) is 4.79 Å². The maximum Gasteiger partial charge on any atom is 0.272 e. The van der Waals surface area contributed by atoms with Crippen molar-refractivity contribution in [2.75, 3.05) is 11.1 Å². The third kappa shape index (κ3) is 2.98. The standard InChI is InChI=1S/C14H12Cl3N3O/c15-7-3-10(16)13(11(17)4-7)19-14(21)12-5-8(18)6-20(12)9-1-2-9/h3-6,9H,1-2,18H2,(H,19,21). The van der Waals surface area contributed by atoms with Gasteiger partial charge in [-0.05, 0) is 31.0 Å². The number of halogens is 3. The van der Waals surface area contributed by atoms with Gasteiger partial charge < -0.3 is 15.6 Å². The molecule has 1 aromatic heterocycles. The van der Waals surface area contributed by atoms with Crippen molar-refractivity contribution in [3.63, 3.8) is 0 Å². The summed E-state index contributed by atoms with van der Waals surface area (Å²) in [5.41, 5.74) is 7.18. The van der Waals surface area contributed by atoms with Crippen molar-refractivity contribution in [3.05, 3.63) is 45.2 Å². The van der Waals surface area contributed by atoms with Crippen LogP contribution in [0, 0.1) is 0 Å². The minimum absolute atomic E-state index is 0.290. The van der Waals surface area contributed by atoms with Gasteiger partial charge in [0.15, 0.2) is 0 Å². The number of rotatable bonds is 3. The predicted octanol–water partition coefficient (Wildman–Crippen LogP) is 4.62. The first-order valence-electron chi connectivity index (χ1n) is 6.39. The van der Waals surface area contributed by atoms with Crippen LogP contribution >= 0.6 is 34.8 Å². The smallest absolute Gasteiger partial charge is 0.272 e. The summed E-state index contributed by atoms with van der Waals surface area (Å²) in [4.78, 5) is 12.4. The summed E-state index contributed by atoms with van der Waals surface area (Å²) in [7, 11) is 0. The molecule has 1 saturated carbocycles. The molecule has 1 amide bonds. The van der Waals surface area contributed by atoms with Crippen LogP contribution in [0.25, 0.3) is 0 Å². The molecular weight excluding hydrogens is 333 g/mol. The van der Waals surface area contributed by atoms with E-state index in [0.29, 0.717) is 38.2 Å². The highest BCUT2D eigenvalue weighted by Crippen LogP contribution is 2.38. The molecule has 3 N–H and O–H groups in total. The highest BCUT2D eigenvalue weighted by Gasteiger charge is 2.28. The van der Waals surface area contributed by atoms with Crippen molar-refractivity contribution in [2.24, 2.45) is 0 Å². The molecule has 0 saturated heterocycles. The van der Waals surface area contributed by atoms with Gasteiger partial charge >= 0.3 is 0 Å². The highest BCUT2D eigenvalue weighted by atomic mass is 35.5. The molecule has 0 unspecified atom stereocenters. The molecule has 0 aliphatic heterocycles. The molecule has 2 aromatic rings. The Morgan fingerprint density at radius 2 is 1.81 bits per heavy atom. The number of hydrogen-bond acceptors (Lipinski definition) is 2. The van der Waals surface area contributed by atoms with Crippen LogP contribution in [0.1, 0.15) is 29.4 Å². The maximum atomic E-state index is 12.4. The Morgan fingerprint density at radius 1 is 1.19 bits per heavy atom. The van der Waals surface area contributed by atoms with Gasteiger partial charge in [-0.15, -0.1) is 0 Å². The van der Waals surface area contributed by atoms with E-state index in [2.05, 4.69) is 5.32 Å². The molecule has 1 aliphatic rings. The first kappa shape index (κ1) is 14.6. The minimum atomic E-state index is -0.301. The zero-order valence-electron chi connectivity index (χ0n) is 10.9. The maximum absolute atomic E-state index is 12.4. The number of hydrogen-bond donors (Lipinski definition) is 2. The van der Waals surface area contributed by atoms with E-state index in [1.807, 2.05) is 4.57 Å². The topological polar surface area (TPSA) is 60.1 Å². The van der Waals surface area contributed by atoms with Gasteiger partial charge in [0.1, 0.15) is 5.69 Å². The molecule has 1 aromatic carbocycles. The molecule has 0 atom stereocenters. The Morgan fingerprint density at radius 3 is 2.38 bits per heavy atom. The fourth-order valence-corrected chi connectivity index (χ4v) is 3.09. The average Bonchev–Trinajstić information content (AvgIpc) is 3.16. The molecule has 21 heavy (non-hydrogen) atoms. The average molecular weight is 345 g/mol. The number of carbonyl (C=O) groups excluding carboxylic acids is 1. The lowest BCUT2D eigenvalue weighted by molar-refractivity contribution is 0.101. The summed E-state index contributed by atoms with van der Waals surface area (Å²) in [5, 5.41) is 3.71. The van der Waals surface area contributed by atoms with E-state index in [9.17, 15) is 4.79 Å². The van der Waals surface area contributed by atoms with Crippen molar-refractivity contribution in [3.8, 4) is 0 Å². The SMILES string of the molecule is Nc1cc(C(=O)Nc2c(Cl)cc(Cl)cc2Cl)n(C2CC2)c1. The zero-order chi connectivity index (χ0) is 15.1. The van der Waals surface area contributed by atoms with E-state index in [0.717, 1.165) is 12.8 Å². The molecule has 110 valence electrons. The van der Waals surface area contributed by atoms with Crippen LogP contribution in [0.3, 0.4) is 0 Å². The molecule has 1 fully saturated rings. The number of nitrogens with zero attached hydrogens (tertiary/aromatic N) is 1. The lowest BCUT2D eigenvalue weighted by Gasteiger charge is -2.11. The molecule has 0 spiro atoms. The summed E-state index contributed by atoms with van der Waals surface area (Å²) < 4.78 is 1.89. The number of anilines is 2. The molecule has 7 heteroatoms. The van der Waals surface area contributed by atoms with E-state index in [4.69, 9.17) is 40.5 Å². The highest BCUT2D eigenvalue weighted by molar-refractivity contribution is 6.42. The predicted molar refractivity (Wildman–Crippen MR) is 86.5 cm³/mol. The molecular formula is C14H12Cl3N3O. The first-order chi connectivity index (χ1) is 9.95. The van der Waals surface area contributed by atoms with Crippen LogP contribution in [-0.4, -0.2) is 10.5 Å². The Hall–Kier alpha value is -1.36. The fourth-order valence-electron chi connectivity index (χ4n) is 2.18. The van der Waals surface area contributed by atoms with Gasteiger partial charge in [0.2, 0.25) is 0 Å². The van der Waals surface area contributed by atoms with Crippen LogP contribution < -0.4 is 11.1 Å².